The Hall–Kier alpha value is -1.38. The summed E-state index contributed by atoms with van der Waals surface area (Å²) in [7, 11) is 0. The Morgan fingerprint density at radius 2 is 1.83 bits per heavy atom. The lowest BCUT2D eigenvalue weighted by molar-refractivity contribution is 0.286. The molecular weight excluding hydrogens is 264 g/mol. The molecule has 2 aromatic rings. The van der Waals surface area contributed by atoms with E-state index in [-0.39, 0.29) is 0 Å². The summed E-state index contributed by atoms with van der Waals surface area (Å²) in [5.74, 6) is 0.950. The first kappa shape index (κ1) is 11.7. The van der Waals surface area contributed by atoms with E-state index in [0.29, 0.717) is 6.61 Å². The maximum Gasteiger partial charge on any atom is 0.134 e. The van der Waals surface area contributed by atoms with Crippen LogP contribution in [0.15, 0.2) is 58.8 Å². The van der Waals surface area contributed by atoms with Crippen molar-refractivity contribution in [1.29, 1.82) is 0 Å². The SMILES string of the molecule is Clc1ccc(S/C=C2\OCc3ccccc32)cc1. The Balaban J connectivity index is 1.80. The fourth-order valence-electron chi connectivity index (χ4n) is 1.85. The summed E-state index contributed by atoms with van der Waals surface area (Å²) in [6.45, 7) is 0.670. The maximum atomic E-state index is 5.86. The van der Waals surface area contributed by atoms with Crippen LogP contribution in [0.2, 0.25) is 5.02 Å². The van der Waals surface area contributed by atoms with Gasteiger partial charge in [0.15, 0.2) is 0 Å². The Labute approximate surface area is 115 Å². The largest absolute Gasteiger partial charge is 0.488 e. The van der Waals surface area contributed by atoms with Gasteiger partial charge in [-0.2, -0.15) is 0 Å². The highest BCUT2D eigenvalue weighted by atomic mass is 35.5. The number of hydrogen-bond acceptors (Lipinski definition) is 2. The highest BCUT2D eigenvalue weighted by molar-refractivity contribution is 8.02. The molecule has 3 rings (SSSR count). The van der Waals surface area contributed by atoms with Crippen molar-refractivity contribution in [1.82, 2.24) is 0 Å². The average Bonchev–Trinajstić information content (AvgIpc) is 2.82. The zero-order valence-corrected chi connectivity index (χ0v) is 11.2. The molecule has 0 saturated carbocycles. The topological polar surface area (TPSA) is 9.23 Å². The van der Waals surface area contributed by atoms with Gasteiger partial charge in [-0.1, -0.05) is 47.6 Å². The molecular formula is C15H11ClOS. The van der Waals surface area contributed by atoms with Crippen LogP contribution >= 0.6 is 23.4 Å². The van der Waals surface area contributed by atoms with Gasteiger partial charge in [0, 0.05) is 26.5 Å². The van der Waals surface area contributed by atoms with Crippen LogP contribution in [0.1, 0.15) is 11.1 Å². The number of thioether (sulfide) groups is 1. The monoisotopic (exact) mass is 274 g/mol. The van der Waals surface area contributed by atoms with Gasteiger partial charge in [-0.25, -0.2) is 0 Å². The van der Waals surface area contributed by atoms with Crippen molar-refractivity contribution in [3.05, 3.63) is 70.1 Å². The van der Waals surface area contributed by atoms with Gasteiger partial charge in [0.25, 0.3) is 0 Å². The molecule has 0 amide bonds. The Kier molecular flexibility index (Phi) is 3.31. The summed E-state index contributed by atoms with van der Waals surface area (Å²) in [5.41, 5.74) is 2.44. The molecule has 1 nitrogen and oxygen atoms in total. The summed E-state index contributed by atoms with van der Waals surface area (Å²) >= 11 is 7.50. The Morgan fingerprint density at radius 3 is 2.67 bits per heavy atom. The molecule has 0 atom stereocenters. The summed E-state index contributed by atoms with van der Waals surface area (Å²) in [5, 5.41) is 2.81. The minimum absolute atomic E-state index is 0.670. The number of ether oxygens (including phenoxy) is 1. The van der Waals surface area contributed by atoms with Crippen LogP contribution < -0.4 is 0 Å². The summed E-state index contributed by atoms with van der Waals surface area (Å²) in [6, 6.07) is 16.1. The zero-order valence-electron chi connectivity index (χ0n) is 9.60. The number of benzene rings is 2. The number of halogens is 1. The molecule has 3 heteroatoms. The van der Waals surface area contributed by atoms with Crippen molar-refractivity contribution in [2.75, 3.05) is 0 Å². The van der Waals surface area contributed by atoms with Crippen molar-refractivity contribution in [2.24, 2.45) is 0 Å². The summed E-state index contributed by atoms with van der Waals surface area (Å²) in [4.78, 5) is 1.15. The van der Waals surface area contributed by atoms with E-state index in [4.69, 9.17) is 16.3 Å². The van der Waals surface area contributed by atoms with E-state index >= 15 is 0 Å². The maximum absolute atomic E-state index is 5.86. The van der Waals surface area contributed by atoms with E-state index in [1.807, 2.05) is 36.4 Å². The number of rotatable bonds is 2. The smallest absolute Gasteiger partial charge is 0.134 e. The van der Waals surface area contributed by atoms with E-state index in [0.717, 1.165) is 15.7 Å². The van der Waals surface area contributed by atoms with E-state index in [1.165, 1.54) is 11.1 Å². The summed E-state index contributed by atoms with van der Waals surface area (Å²) in [6.07, 6.45) is 0. The molecule has 1 heterocycles. The van der Waals surface area contributed by atoms with Gasteiger partial charge in [0.05, 0.1) is 0 Å². The predicted molar refractivity (Wildman–Crippen MR) is 76.5 cm³/mol. The molecule has 2 aromatic carbocycles. The molecule has 18 heavy (non-hydrogen) atoms. The van der Waals surface area contributed by atoms with Crippen LogP contribution in [0.5, 0.6) is 0 Å². The lowest BCUT2D eigenvalue weighted by atomic mass is 10.1. The zero-order chi connectivity index (χ0) is 12.4. The third-order valence-corrected chi connectivity index (χ3v) is 3.91. The lowest BCUT2D eigenvalue weighted by Crippen LogP contribution is -1.78. The van der Waals surface area contributed by atoms with Crippen molar-refractivity contribution >= 4 is 29.1 Å². The quantitative estimate of drug-likeness (QED) is 0.716. The van der Waals surface area contributed by atoms with Crippen LogP contribution in [-0.4, -0.2) is 0 Å². The van der Waals surface area contributed by atoms with Gasteiger partial charge in [0.2, 0.25) is 0 Å². The minimum atomic E-state index is 0.670. The first-order valence-corrected chi connectivity index (χ1v) is 6.92. The van der Waals surface area contributed by atoms with E-state index in [9.17, 15) is 0 Å². The van der Waals surface area contributed by atoms with Gasteiger partial charge in [-0.05, 0) is 24.3 Å². The van der Waals surface area contributed by atoms with Gasteiger partial charge < -0.3 is 4.74 Å². The molecule has 0 bridgehead atoms. The Bertz CT molecular complexity index is 590. The molecule has 0 aromatic heterocycles. The first-order chi connectivity index (χ1) is 8.83. The molecule has 0 fully saturated rings. The average molecular weight is 275 g/mol. The summed E-state index contributed by atoms with van der Waals surface area (Å²) < 4.78 is 5.68. The second-order valence-corrected chi connectivity index (χ2v) is 5.38. The highest BCUT2D eigenvalue weighted by Gasteiger charge is 2.16. The van der Waals surface area contributed by atoms with E-state index in [1.54, 1.807) is 11.8 Å². The molecule has 0 unspecified atom stereocenters. The van der Waals surface area contributed by atoms with Crippen LogP contribution in [0.3, 0.4) is 0 Å². The molecule has 0 aliphatic carbocycles. The minimum Gasteiger partial charge on any atom is -0.488 e. The molecule has 0 N–H and O–H groups in total. The van der Waals surface area contributed by atoms with Crippen LogP contribution in [-0.2, 0) is 11.3 Å². The molecule has 90 valence electrons. The molecule has 0 spiro atoms. The van der Waals surface area contributed by atoms with Gasteiger partial charge >= 0.3 is 0 Å². The Morgan fingerprint density at radius 1 is 1.06 bits per heavy atom. The second kappa shape index (κ2) is 5.09. The fraction of sp³-hybridized carbons (Fsp3) is 0.0667. The normalized spacial score (nSPS) is 15.5. The molecule has 1 aliphatic heterocycles. The molecule has 0 radical (unpaired) electrons. The van der Waals surface area contributed by atoms with Crippen molar-refractivity contribution in [3.63, 3.8) is 0 Å². The number of fused-ring (bicyclic) bond motifs is 1. The van der Waals surface area contributed by atoms with Crippen LogP contribution in [0.25, 0.3) is 5.76 Å². The number of hydrogen-bond donors (Lipinski definition) is 0. The van der Waals surface area contributed by atoms with Gasteiger partial charge in [-0.3, -0.25) is 0 Å². The van der Waals surface area contributed by atoms with Crippen molar-refractivity contribution < 1.29 is 4.74 Å². The third kappa shape index (κ3) is 2.40. The first-order valence-electron chi connectivity index (χ1n) is 5.66. The second-order valence-electron chi connectivity index (χ2n) is 4.00. The lowest BCUT2D eigenvalue weighted by Gasteiger charge is -2.00. The fourth-order valence-corrected chi connectivity index (χ4v) is 2.71. The van der Waals surface area contributed by atoms with Crippen molar-refractivity contribution in [2.45, 2.75) is 11.5 Å². The third-order valence-electron chi connectivity index (χ3n) is 2.78. The van der Waals surface area contributed by atoms with E-state index in [2.05, 4.69) is 17.5 Å². The molecule has 1 aliphatic rings. The van der Waals surface area contributed by atoms with Gasteiger partial charge in [-0.15, -0.1) is 0 Å². The predicted octanol–water partition coefficient (Wildman–Crippen LogP) is 4.96. The van der Waals surface area contributed by atoms with E-state index < -0.39 is 0 Å². The molecule has 0 saturated heterocycles. The van der Waals surface area contributed by atoms with Crippen LogP contribution in [0.4, 0.5) is 0 Å². The van der Waals surface area contributed by atoms with Crippen molar-refractivity contribution in [3.8, 4) is 0 Å². The highest BCUT2D eigenvalue weighted by Crippen LogP contribution is 2.33. The standard InChI is InChI=1S/C15H11ClOS/c16-12-5-7-13(8-6-12)18-10-15-14-4-2-1-3-11(14)9-17-15/h1-8,10H,9H2/b15-10-. The van der Waals surface area contributed by atoms with Gasteiger partial charge in [0.1, 0.15) is 12.4 Å². The van der Waals surface area contributed by atoms with Crippen LogP contribution in [0, 0.1) is 0 Å².